The maximum Gasteiger partial charge on any atom is 0.261 e. The van der Waals surface area contributed by atoms with Gasteiger partial charge in [-0.25, -0.2) is 8.42 Å². The molecule has 0 aliphatic rings. The first-order valence-electron chi connectivity index (χ1n) is 10.5. The van der Waals surface area contributed by atoms with Gasteiger partial charge in [0.05, 0.1) is 19.1 Å². The monoisotopic (exact) mass is 484 g/mol. The first-order chi connectivity index (χ1) is 16.2. The van der Waals surface area contributed by atoms with Gasteiger partial charge in [-0.2, -0.15) is 0 Å². The van der Waals surface area contributed by atoms with Crippen LogP contribution in [0, 0.1) is 13.8 Å². The summed E-state index contributed by atoms with van der Waals surface area (Å²) in [6.07, 6.45) is 0. The minimum atomic E-state index is -3.75. The molecule has 0 aliphatic carbocycles. The van der Waals surface area contributed by atoms with Crippen molar-refractivity contribution in [2.45, 2.75) is 25.3 Å². The molecule has 1 amide bonds. The highest BCUT2D eigenvalue weighted by Crippen LogP contribution is 2.27. The first kappa shape index (κ1) is 24.9. The number of nitrogens with one attached hydrogen (secondary N) is 2. The molecule has 180 valence electrons. The Kier molecular flexibility index (Phi) is 8.01. The maximum atomic E-state index is 12.6. The molecule has 0 aliphatic heterocycles. The molecule has 0 radical (unpaired) electrons. The number of carbonyl (C=O) groups is 1. The summed E-state index contributed by atoms with van der Waals surface area (Å²) in [7, 11) is -0.644. The van der Waals surface area contributed by atoms with Gasteiger partial charge in [-0.15, -0.1) is 0 Å². The van der Waals surface area contributed by atoms with E-state index in [9.17, 15) is 13.2 Å². The van der Waals surface area contributed by atoms with Crippen LogP contribution >= 0.6 is 0 Å². The van der Waals surface area contributed by atoms with Gasteiger partial charge in [-0.05, 0) is 79.1 Å². The summed E-state index contributed by atoms with van der Waals surface area (Å²) < 4.78 is 43.8. The molecule has 0 aromatic heterocycles. The fourth-order valence-corrected chi connectivity index (χ4v) is 4.17. The molecule has 0 heterocycles. The Morgan fingerprint density at radius 3 is 2.21 bits per heavy atom. The van der Waals surface area contributed by atoms with Crippen molar-refractivity contribution >= 4 is 21.6 Å². The number of sulfonamides is 1. The zero-order chi connectivity index (χ0) is 24.7. The van der Waals surface area contributed by atoms with E-state index in [2.05, 4.69) is 10.0 Å². The second-order valence-electron chi connectivity index (χ2n) is 7.63. The fraction of sp³-hybridized carbons (Fsp3) is 0.240. The number of carbonyl (C=O) groups excluding carboxylic acids is 1. The average molecular weight is 485 g/mol. The van der Waals surface area contributed by atoms with Gasteiger partial charge in [-0.1, -0.05) is 12.1 Å². The molecule has 9 heteroatoms. The van der Waals surface area contributed by atoms with E-state index in [1.807, 2.05) is 26.0 Å². The van der Waals surface area contributed by atoms with Crippen molar-refractivity contribution in [3.05, 3.63) is 77.4 Å². The van der Waals surface area contributed by atoms with Crippen LogP contribution in [0.15, 0.2) is 65.6 Å². The number of amides is 1. The number of ether oxygens (including phenoxy) is 3. The van der Waals surface area contributed by atoms with Crippen molar-refractivity contribution in [2.24, 2.45) is 0 Å². The van der Waals surface area contributed by atoms with Crippen LogP contribution in [0.4, 0.5) is 5.69 Å². The first-order valence-corrected chi connectivity index (χ1v) is 12.0. The third kappa shape index (κ3) is 6.41. The Labute approximate surface area is 199 Å². The summed E-state index contributed by atoms with van der Waals surface area (Å²) in [6, 6.07) is 16.6. The standard InChI is InChI=1S/C25H28N2O6S/c1-17-5-7-20(13-18(17)2)27-34(29,30)22-10-8-21(9-11-22)33-16-25(28)26-15-19-6-12-23(31-3)24(14-19)32-4/h5-14,27H,15-16H2,1-4H3,(H,26,28). The van der Waals surface area contributed by atoms with Gasteiger partial charge in [0.1, 0.15) is 5.75 Å². The number of rotatable bonds is 10. The van der Waals surface area contributed by atoms with Gasteiger partial charge in [0, 0.05) is 12.2 Å². The zero-order valence-electron chi connectivity index (χ0n) is 19.5. The quantitative estimate of drug-likeness (QED) is 0.454. The lowest BCUT2D eigenvalue weighted by Crippen LogP contribution is -2.28. The molecular weight excluding hydrogens is 456 g/mol. The van der Waals surface area contributed by atoms with Crippen LogP contribution in [0.1, 0.15) is 16.7 Å². The van der Waals surface area contributed by atoms with Gasteiger partial charge in [0.2, 0.25) is 0 Å². The molecule has 0 spiro atoms. The topological polar surface area (TPSA) is 103 Å². The molecule has 8 nitrogen and oxygen atoms in total. The van der Waals surface area contributed by atoms with Crippen molar-refractivity contribution in [2.75, 3.05) is 25.5 Å². The van der Waals surface area contributed by atoms with Crippen LogP contribution in [-0.2, 0) is 21.4 Å². The van der Waals surface area contributed by atoms with E-state index < -0.39 is 10.0 Å². The second-order valence-corrected chi connectivity index (χ2v) is 9.31. The van der Waals surface area contributed by atoms with Crippen LogP contribution in [0.25, 0.3) is 0 Å². The van der Waals surface area contributed by atoms with E-state index in [0.29, 0.717) is 29.5 Å². The third-order valence-corrected chi connectivity index (χ3v) is 6.60. The van der Waals surface area contributed by atoms with Crippen LogP contribution in [0.3, 0.4) is 0 Å². The molecule has 3 rings (SSSR count). The minimum absolute atomic E-state index is 0.0935. The molecule has 0 saturated heterocycles. The largest absolute Gasteiger partial charge is 0.493 e. The zero-order valence-corrected chi connectivity index (χ0v) is 20.4. The molecule has 0 saturated carbocycles. The van der Waals surface area contributed by atoms with E-state index >= 15 is 0 Å². The number of anilines is 1. The highest BCUT2D eigenvalue weighted by Gasteiger charge is 2.15. The van der Waals surface area contributed by atoms with Crippen molar-refractivity contribution in [3.8, 4) is 17.2 Å². The molecule has 0 unspecified atom stereocenters. The third-order valence-electron chi connectivity index (χ3n) is 5.20. The van der Waals surface area contributed by atoms with Crippen molar-refractivity contribution in [1.29, 1.82) is 0 Å². The van der Waals surface area contributed by atoms with E-state index in [1.165, 1.54) is 24.3 Å². The average Bonchev–Trinajstić information content (AvgIpc) is 2.83. The molecule has 0 fully saturated rings. The maximum absolute atomic E-state index is 12.6. The SMILES string of the molecule is COc1ccc(CNC(=O)COc2ccc(S(=O)(=O)Nc3ccc(C)c(C)c3)cc2)cc1OC. The number of benzene rings is 3. The summed E-state index contributed by atoms with van der Waals surface area (Å²) in [6.45, 7) is 3.97. The molecule has 3 aromatic carbocycles. The van der Waals surface area contributed by atoms with Crippen LogP contribution in [0.5, 0.6) is 17.2 Å². The minimum Gasteiger partial charge on any atom is -0.493 e. The Balaban J connectivity index is 1.53. The number of aryl methyl sites for hydroxylation is 2. The summed E-state index contributed by atoms with van der Waals surface area (Å²) in [4.78, 5) is 12.2. The Morgan fingerprint density at radius 2 is 1.56 bits per heavy atom. The van der Waals surface area contributed by atoms with Crippen LogP contribution in [-0.4, -0.2) is 35.2 Å². The summed E-state index contributed by atoms with van der Waals surface area (Å²) in [5, 5.41) is 2.76. The summed E-state index contributed by atoms with van der Waals surface area (Å²) in [5.74, 6) is 1.25. The van der Waals surface area contributed by atoms with Crippen molar-refractivity contribution < 1.29 is 27.4 Å². The number of hydrogen-bond donors (Lipinski definition) is 2. The molecule has 0 bridgehead atoms. The van der Waals surface area contributed by atoms with Gasteiger partial charge in [-0.3, -0.25) is 9.52 Å². The van der Waals surface area contributed by atoms with Gasteiger partial charge < -0.3 is 19.5 Å². The second kappa shape index (κ2) is 10.9. The predicted octanol–water partition coefficient (Wildman–Crippen LogP) is 3.82. The highest BCUT2D eigenvalue weighted by molar-refractivity contribution is 7.92. The van der Waals surface area contributed by atoms with Gasteiger partial charge in [0.25, 0.3) is 15.9 Å². The lowest BCUT2D eigenvalue weighted by Gasteiger charge is -2.12. The fourth-order valence-electron chi connectivity index (χ4n) is 3.13. The smallest absolute Gasteiger partial charge is 0.261 e. The van der Waals surface area contributed by atoms with Gasteiger partial charge >= 0.3 is 0 Å². The van der Waals surface area contributed by atoms with E-state index in [-0.39, 0.29) is 17.4 Å². The molecule has 3 aromatic rings. The predicted molar refractivity (Wildman–Crippen MR) is 130 cm³/mol. The lowest BCUT2D eigenvalue weighted by atomic mass is 10.1. The molecule has 2 N–H and O–H groups in total. The van der Waals surface area contributed by atoms with Crippen LogP contribution < -0.4 is 24.2 Å². The number of hydrogen-bond acceptors (Lipinski definition) is 6. The van der Waals surface area contributed by atoms with Crippen molar-refractivity contribution in [3.63, 3.8) is 0 Å². The van der Waals surface area contributed by atoms with Crippen molar-refractivity contribution in [1.82, 2.24) is 5.32 Å². The summed E-state index contributed by atoms with van der Waals surface area (Å²) >= 11 is 0. The highest BCUT2D eigenvalue weighted by atomic mass is 32.2. The molecule has 0 atom stereocenters. The molecule has 34 heavy (non-hydrogen) atoms. The lowest BCUT2D eigenvalue weighted by molar-refractivity contribution is -0.123. The molecular formula is C25H28N2O6S. The van der Waals surface area contributed by atoms with E-state index in [0.717, 1.165) is 16.7 Å². The Morgan fingerprint density at radius 1 is 0.853 bits per heavy atom. The number of methoxy groups -OCH3 is 2. The van der Waals surface area contributed by atoms with Crippen LogP contribution in [0.2, 0.25) is 0 Å². The Bertz CT molecular complexity index is 1260. The Hall–Kier alpha value is -3.72. The van der Waals surface area contributed by atoms with E-state index in [4.69, 9.17) is 14.2 Å². The normalized spacial score (nSPS) is 10.9. The summed E-state index contributed by atoms with van der Waals surface area (Å²) in [5.41, 5.74) is 3.41. The van der Waals surface area contributed by atoms with E-state index in [1.54, 1.807) is 38.5 Å². The van der Waals surface area contributed by atoms with Gasteiger partial charge in [0.15, 0.2) is 18.1 Å².